The van der Waals surface area contributed by atoms with Crippen LogP contribution < -0.4 is 16.4 Å². The van der Waals surface area contributed by atoms with Crippen molar-refractivity contribution in [2.45, 2.75) is 51.6 Å². The number of amides is 2. The van der Waals surface area contributed by atoms with Gasteiger partial charge < -0.3 is 16.4 Å². The van der Waals surface area contributed by atoms with Gasteiger partial charge in [0.15, 0.2) is 0 Å². The Labute approximate surface area is 115 Å². The van der Waals surface area contributed by atoms with Gasteiger partial charge in [-0.05, 0) is 32.6 Å². The van der Waals surface area contributed by atoms with E-state index in [1.54, 1.807) is 0 Å². The Morgan fingerprint density at radius 2 is 1.94 bits per heavy atom. The lowest BCUT2D eigenvalue weighted by atomic mass is 10.00. The highest BCUT2D eigenvalue weighted by atomic mass is 35.5. The van der Waals surface area contributed by atoms with Gasteiger partial charge in [-0.25, -0.2) is 0 Å². The molecule has 1 aliphatic rings. The largest absolute Gasteiger partial charge is 0.352 e. The highest BCUT2D eigenvalue weighted by Crippen LogP contribution is 2.26. The van der Waals surface area contributed by atoms with Crippen molar-refractivity contribution in [1.82, 2.24) is 10.6 Å². The zero-order chi connectivity index (χ0) is 12.8. The van der Waals surface area contributed by atoms with Crippen molar-refractivity contribution in [3.05, 3.63) is 0 Å². The van der Waals surface area contributed by atoms with Gasteiger partial charge in [-0.1, -0.05) is 6.42 Å². The molecule has 0 unspecified atom stereocenters. The summed E-state index contributed by atoms with van der Waals surface area (Å²) < 4.78 is 0. The Balaban J connectivity index is 0.00000289. The van der Waals surface area contributed by atoms with Gasteiger partial charge in [0.1, 0.15) is 0 Å². The number of nitrogens with one attached hydrogen (secondary N) is 2. The minimum Gasteiger partial charge on any atom is -0.352 e. The van der Waals surface area contributed by atoms with Crippen LogP contribution in [0.2, 0.25) is 0 Å². The van der Waals surface area contributed by atoms with Gasteiger partial charge in [-0.15, -0.1) is 12.4 Å². The van der Waals surface area contributed by atoms with Gasteiger partial charge in [-0.3, -0.25) is 9.59 Å². The van der Waals surface area contributed by atoms with Crippen molar-refractivity contribution in [1.29, 1.82) is 0 Å². The maximum absolute atomic E-state index is 11.6. The third kappa shape index (κ3) is 6.21. The monoisotopic (exact) mass is 277 g/mol. The van der Waals surface area contributed by atoms with Gasteiger partial charge in [0.25, 0.3) is 0 Å². The van der Waals surface area contributed by atoms with Crippen LogP contribution in [0.1, 0.15) is 39.5 Å². The zero-order valence-corrected chi connectivity index (χ0v) is 11.9. The quantitative estimate of drug-likeness (QED) is 0.687. The Morgan fingerprint density at radius 1 is 1.28 bits per heavy atom. The minimum absolute atomic E-state index is 0. The molecule has 2 atom stereocenters. The summed E-state index contributed by atoms with van der Waals surface area (Å²) in [5, 5.41) is 5.35. The summed E-state index contributed by atoms with van der Waals surface area (Å²) in [4.78, 5) is 22.9. The average Bonchev–Trinajstić information content (AvgIpc) is 2.61. The maximum atomic E-state index is 11.6. The van der Waals surface area contributed by atoms with E-state index in [1.807, 2.05) is 13.8 Å². The smallest absolute Gasteiger partial charge is 0.239 e. The molecular weight excluding hydrogens is 254 g/mol. The first-order valence-corrected chi connectivity index (χ1v) is 6.30. The fourth-order valence-electron chi connectivity index (χ4n) is 2.18. The van der Waals surface area contributed by atoms with Crippen molar-refractivity contribution in [3.8, 4) is 0 Å². The van der Waals surface area contributed by atoms with Crippen molar-refractivity contribution in [2.24, 2.45) is 11.7 Å². The van der Waals surface area contributed by atoms with E-state index in [9.17, 15) is 9.59 Å². The minimum atomic E-state index is -0.149. The van der Waals surface area contributed by atoms with Gasteiger partial charge in [0, 0.05) is 18.5 Å². The third-order valence-electron chi connectivity index (χ3n) is 3.06. The first kappa shape index (κ1) is 17.2. The Hall–Kier alpha value is -0.810. The van der Waals surface area contributed by atoms with E-state index in [0.29, 0.717) is 6.42 Å². The highest BCUT2D eigenvalue weighted by Gasteiger charge is 2.25. The van der Waals surface area contributed by atoms with Crippen LogP contribution in [0.3, 0.4) is 0 Å². The topological polar surface area (TPSA) is 84.2 Å². The summed E-state index contributed by atoms with van der Waals surface area (Å²) in [7, 11) is 0. The number of carbonyl (C=O) groups excluding carboxylic acids is 2. The molecule has 106 valence electrons. The molecule has 5 nitrogen and oxygen atoms in total. The third-order valence-corrected chi connectivity index (χ3v) is 3.06. The zero-order valence-electron chi connectivity index (χ0n) is 11.1. The van der Waals surface area contributed by atoms with E-state index < -0.39 is 0 Å². The number of hydrogen-bond donors (Lipinski definition) is 3. The summed E-state index contributed by atoms with van der Waals surface area (Å²) in [6.07, 6.45) is 3.57. The fraction of sp³-hybridized carbons (Fsp3) is 0.833. The summed E-state index contributed by atoms with van der Waals surface area (Å²) in [6, 6.07) is 0.243. The summed E-state index contributed by atoms with van der Waals surface area (Å²) >= 11 is 0. The van der Waals surface area contributed by atoms with Crippen molar-refractivity contribution in [3.63, 3.8) is 0 Å². The number of rotatable bonds is 5. The van der Waals surface area contributed by atoms with Crippen LogP contribution >= 0.6 is 12.4 Å². The normalized spacial score (nSPS) is 22.4. The SMILES string of the molecule is CC(C)NC(=O)CNC(=O)C[C@@H]1CCC[C@H]1N.Cl. The second kappa shape index (κ2) is 8.32. The summed E-state index contributed by atoms with van der Waals surface area (Å²) in [5.41, 5.74) is 5.89. The van der Waals surface area contributed by atoms with E-state index in [4.69, 9.17) is 5.73 Å². The second-order valence-corrected chi connectivity index (χ2v) is 5.06. The van der Waals surface area contributed by atoms with Gasteiger partial charge in [0.05, 0.1) is 6.54 Å². The Kier molecular flexibility index (Phi) is 7.95. The van der Waals surface area contributed by atoms with Crippen LogP contribution in [0.5, 0.6) is 0 Å². The molecular formula is C12H24ClN3O2. The molecule has 0 heterocycles. The molecule has 1 fully saturated rings. The molecule has 1 aliphatic carbocycles. The number of nitrogens with two attached hydrogens (primary N) is 1. The van der Waals surface area contributed by atoms with Crippen LogP contribution in [-0.2, 0) is 9.59 Å². The molecule has 1 saturated carbocycles. The Bertz CT molecular complexity index is 284. The molecule has 6 heteroatoms. The van der Waals surface area contributed by atoms with Crippen LogP contribution in [-0.4, -0.2) is 30.4 Å². The molecule has 0 radical (unpaired) electrons. The van der Waals surface area contributed by atoms with Gasteiger partial charge >= 0.3 is 0 Å². The predicted molar refractivity (Wildman–Crippen MR) is 73.5 cm³/mol. The van der Waals surface area contributed by atoms with Crippen LogP contribution in [0, 0.1) is 5.92 Å². The van der Waals surface area contributed by atoms with Gasteiger partial charge in [0.2, 0.25) is 11.8 Å². The number of halogens is 1. The van der Waals surface area contributed by atoms with Crippen molar-refractivity contribution < 1.29 is 9.59 Å². The molecule has 0 aromatic rings. The van der Waals surface area contributed by atoms with Crippen LogP contribution in [0.25, 0.3) is 0 Å². The van der Waals surface area contributed by atoms with Crippen molar-refractivity contribution >= 4 is 24.2 Å². The highest BCUT2D eigenvalue weighted by molar-refractivity contribution is 5.85. The average molecular weight is 278 g/mol. The van der Waals surface area contributed by atoms with Crippen LogP contribution in [0.15, 0.2) is 0 Å². The van der Waals surface area contributed by atoms with E-state index in [1.165, 1.54) is 0 Å². The van der Waals surface area contributed by atoms with Gasteiger partial charge in [-0.2, -0.15) is 0 Å². The number of hydrogen-bond acceptors (Lipinski definition) is 3. The van der Waals surface area contributed by atoms with E-state index in [0.717, 1.165) is 19.3 Å². The lowest BCUT2D eigenvalue weighted by Gasteiger charge is -2.15. The summed E-state index contributed by atoms with van der Waals surface area (Å²) in [6.45, 7) is 3.83. The first-order chi connectivity index (χ1) is 7.99. The molecule has 0 saturated heterocycles. The molecule has 0 aromatic heterocycles. The second-order valence-electron chi connectivity index (χ2n) is 5.06. The summed E-state index contributed by atoms with van der Waals surface area (Å²) in [5.74, 6) is 0.0542. The molecule has 2 amide bonds. The first-order valence-electron chi connectivity index (χ1n) is 6.30. The van der Waals surface area contributed by atoms with Crippen molar-refractivity contribution in [2.75, 3.05) is 6.54 Å². The molecule has 0 spiro atoms. The maximum Gasteiger partial charge on any atom is 0.239 e. The van der Waals surface area contributed by atoms with Crippen LogP contribution in [0.4, 0.5) is 0 Å². The van der Waals surface area contributed by atoms with E-state index in [2.05, 4.69) is 10.6 Å². The molecule has 0 bridgehead atoms. The molecule has 18 heavy (non-hydrogen) atoms. The molecule has 0 aliphatic heterocycles. The Morgan fingerprint density at radius 3 is 2.44 bits per heavy atom. The lowest BCUT2D eigenvalue weighted by molar-refractivity contribution is -0.126. The standard InChI is InChI=1S/C12H23N3O2.ClH/c1-8(2)15-12(17)7-14-11(16)6-9-4-3-5-10(9)13;/h8-10H,3-7,13H2,1-2H3,(H,14,16)(H,15,17);1H/t9-,10+;/m0./s1. The predicted octanol–water partition coefficient (Wildman–Crippen LogP) is 0.566. The number of carbonyl (C=O) groups is 2. The molecule has 1 rings (SSSR count). The van der Waals surface area contributed by atoms with E-state index >= 15 is 0 Å². The lowest BCUT2D eigenvalue weighted by Crippen LogP contribution is -2.40. The van der Waals surface area contributed by atoms with E-state index in [-0.39, 0.29) is 48.8 Å². The fourth-order valence-corrected chi connectivity index (χ4v) is 2.18. The molecule has 0 aromatic carbocycles. The molecule has 4 N–H and O–H groups in total.